The van der Waals surface area contributed by atoms with Gasteiger partial charge in [-0.05, 0) is 27.2 Å². The van der Waals surface area contributed by atoms with Crippen LogP contribution in [0.1, 0.15) is 34.1 Å². The lowest BCUT2D eigenvalue weighted by molar-refractivity contribution is 0.0710. The zero-order chi connectivity index (χ0) is 11.7. The third-order valence-corrected chi connectivity index (χ3v) is 5.91. The van der Waals surface area contributed by atoms with Gasteiger partial charge in [0.15, 0.2) is 0 Å². The predicted molar refractivity (Wildman–Crippen MR) is 65.4 cm³/mol. The molecule has 0 aliphatic carbocycles. The molecule has 0 fully saturated rings. The van der Waals surface area contributed by atoms with Gasteiger partial charge in [-0.3, -0.25) is 0 Å². The fraction of sp³-hybridized carbons (Fsp3) is 1.00. The van der Waals surface area contributed by atoms with E-state index in [4.69, 9.17) is 24.9 Å². The highest BCUT2D eigenvalue weighted by Gasteiger charge is 2.41. The van der Waals surface area contributed by atoms with Crippen molar-refractivity contribution < 1.29 is 13.3 Å². The summed E-state index contributed by atoms with van der Waals surface area (Å²) in [5, 5.41) is 0.0707. The molecule has 0 aromatic heterocycles. The van der Waals surface area contributed by atoms with Gasteiger partial charge < -0.3 is 13.3 Å². The average molecular weight is 255 g/mol. The first-order chi connectivity index (χ1) is 7.14. The van der Waals surface area contributed by atoms with Crippen molar-refractivity contribution in [3.8, 4) is 0 Å². The molecule has 0 heterocycles. The SMILES string of the molecule is CCO[Si](CC(Cl)CC)(OCC)OCC. The fourth-order valence-electron chi connectivity index (χ4n) is 1.38. The molecule has 15 heavy (non-hydrogen) atoms. The van der Waals surface area contributed by atoms with Crippen molar-refractivity contribution in [2.45, 2.75) is 45.5 Å². The quantitative estimate of drug-likeness (QED) is 0.468. The van der Waals surface area contributed by atoms with E-state index in [2.05, 4.69) is 6.92 Å². The topological polar surface area (TPSA) is 27.7 Å². The Labute approximate surface area is 99.4 Å². The molecule has 0 aromatic carbocycles. The summed E-state index contributed by atoms with van der Waals surface area (Å²) in [5.41, 5.74) is 0. The van der Waals surface area contributed by atoms with E-state index in [0.29, 0.717) is 25.9 Å². The molecule has 92 valence electrons. The molecule has 0 amide bonds. The van der Waals surface area contributed by atoms with Gasteiger partial charge >= 0.3 is 8.80 Å². The Morgan fingerprint density at radius 2 is 1.33 bits per heavy atom. The summed E-state index contributed by atoms with van der Waals surface area (Å²) in [6, 6.07) is 0.695. The van der Waals surface area contributed by atoms with Crippen LogP contribution in [-0.2, 0) is 13.3 Å². The Kier molecular flexibility index (Phi) is 8.75. The Hall–Kier alpha value is 0.387. The second-order valence-corrected chi connectivity index (χ2v) is 6.45. The lowest BCUT2D eigenvalue weighted by Crippen LogP contribution is -2.47. The zero-order valence-corrected chi connectivity index (χ0v) is 12.0. The normalized spacial score (nSPS) is 14.2. The Morgan fingerprint density at radius 3 is 1.60 bits per heavy atom. The summed E-state index contributed by atoms with van der Waals surface area (Å²) in [6.45, 7) is 9.75. The molecule has 3 nitrogen and oxygen atoms in total. The first kappa shape index (κ1) is 15.4. The van der Waals surface area contributed by atoms with E-state index < -0.39 is 8.80 Å². The number of hydrogen-bond acceptors (Lipinski definition) is 3. The van der Waals surface area contributed by atoms with Crippen LogP contribution in [-0.4, -0.2) is 34.0 Å². The van der Waals surface area contributed by atoms with Crippen LogP contribution in [0.4, 0.5) is 0 Å². The third-order valence-electron chi connectivity index (χ3n) is 2.01. The first-order valence-electron chi connectivity index (χ1n) is 5.70. The lowest BCUT2D eigenvalue weighted by atomic mass is 10.4. The number of rotatable bonds is 9. The third kappa shape index (κ3) is 5.87. The molecule has 0 bridgehead atoms. The lowest BCUT2D eigenvalue weighted by Gasteiger charge is -2.29. The van der Waals surface area contributed by atoms with Crippen molar-refractivity contribution in [2.24, 2.45) is 0 Å². The maximum atomic E-state index is 6.15. The summed E-state index contributed by atoms with van der Waals surface area (Å²) < 4.78 is 17.1. The van der Waals surface area contributed by atoms with Crippen LogP contribution in [0.15, 0.2) is 0 Å². The zero-order valence-electron chi connectivity index (χ0n) is 10.2. The summed E-state index contributed by atoms with van der Waals surface area (Å²) in [4.78, 5) is 0. The Bertz CT molecular complexity index is 141. The number of hydrogen-bond donors (Lipinski definition) is 0. The van der Waals surface area contributed by atoms with Gasteiger partial charge in [-0.15, -0.1) is 11.6 Å². The van der Waals surface area contributed by atoms with E-state index in [-0.39, 0.29) is 5.38 Å². The average Bonchev–Trinajstić information content (AvgIpc) is 2.18. The molecule has 0 saturated carbocycles. The summed E-state index contributed by atoms with van der Waals surface area (Å²) in [6.07, 6.45) is 0.906. The van der Waals surface area contributed by atoms with Gasteiger partial charge in [-0.25, -0.2) is 0 Å². The summed E-state index contributed by atoms with van der Waals surface area (Å²) in [7, 11) is -2.51. The highest BCUT2D eigenvalue weighted by Crippen LogP contribution is 2.22. The number of halogens is 1. The largest absolute Gasteiger partial charge is 0.502 e. The van der Waals surface area contributed by atoms with Gasteiger partial charge in [0.1, 0.15) is 0 Å². The molecule has 0 aromatic rings. The Balaban J connectivity index is 4.44. The van der Waals surface area contributed by atoms with E-state index >= 15 is 0 Å². The van der Waals surface area contributed by atoms with Gasteiger partial charge in [-0.2, -0.15) is 0 Å². The van der Waals surface area contributed by atoms with Crippen LogP contribution in [0.5, 0.6) is 0 Å². The molecule has 0 saturated heterocycles. The maximum Gasteiger partial charge on any atom is 0.502 e. The minimum atomic E-state index is -2.51. The molecule has 1 atom stereocenters. The summed E-state index contributed by atoms with van der Waals surface area (Å²) in [5.74, 6) is 0. The molecular formula is C10H23ClO3Si. The van der Waals surface area contributed by atoms with Crippen LogP contribution in [0.3, 0.4) is 0 Å². The first-order valence-corrected chi connectivity index (χ1v) is 8.06. The van der Waals surface area contributed by atoms with E-state index in [1.807, 2.05) is 20.8 Å². The standard InChI is InChI=1S/C10H23ClO3Si/c1-5-10(11)9-15(12-6-2,13-7-3)14-8-4/h10H,5-9H2,1-4H3. The summed E-state index contributed by atoms with van der Waals surface area (Å²) >= 11 is 6.15. The van der Waals surface area contributed by atoms with Gasteiger partial charge in [0.2, 0.25) is 0 Å². The molecular weight excluding hydrogens is 232 g/mol. The van der Waals surface area contributed by atoms with Crippen LogP contribution in [0.2, 0.25) is 6.04 Å². The van der Waals surface area contributed by atoms with E-state index in [1.54, 1.807) is 0 Å². The Morgan fingerprint density at radius 1 is 0.933 bits per heavy atom. The highest BCUT2D eigenvalue weighted by atomic mass is 35.5. The maximum absolute atomic E-state index is 6.15. The molecule has 0 radical (unpaired) electrons. The number of alkyl halides is 1. The molecule has 0 rings (SSSR count). The van der Waals surface area contributed by atoms with Crippen LogP contribution < -0.4 is 0 Å². The van der Waals surface area contributed by atoms with Gasteiger partial charge in [-0.1, -0.05) is 6.92 Å². The van der Waals surface area contributed by atoms with E-state index in [9.17, 15) is 0 Å². The second-order valence-electron chi connectivity index (χ2n) is 3.19. The van der Waals surface area contributed by atoms with Gasteiger partial charge in [0.25, 0.3) is 0 Å². The monoisotopic (exact) mass is 254 g/mol. The highest BCUT2D eigenvalue weighted by molar-refractivity contribution is 6.61. The molecule has 0 spiro atoms. The van der Waals surface area contributed by atoms with E-state index in [0.717, 1.165) is 6.42 Å². The van der Waals surface area contributed by atoms with Crippen LogP contribution in [0, 0.1) is 0 Å². The van der Waals surface area contributed by atoms with Crippen LogP contribution >= 0.6 is 11.6 Å². The van der Waals surface area contributed by atoms with Crippen molar-refractivity contribution in [3.63, 3.8) is 0 Å². The van der Waals surface area contributed by atoms with Crippen molar-refractivity contribution in [3.05, 3.63) is 0 Å². The fourth-order valence-corrected chi connectivity index (χ4v) is 4.70. The smallest absolute Gasteiger partial charge is 0.374 e. The molecule has 0 aliphatic heterocycles. The molecule has 5 heteroatoms. The van der Waals surface area contributed by atoms with Crippen molar-refractivity contribution in [2.75, 3.05) is 19.8 Å². The van der Waals surface area contributed by atoms with Crippen molar-refractivity contribution in [1.29, 1.82) is 0 Å². The minimum absolute atomic E-state index is 0.0707. The second kappa shape index (κ2) is 8.53. The minimum Gasteiger partial charge on any atom is -0.374 e. The molecule has 0 aliphatic rings. The van der Waals surface area contributed by atoms with Gasteiger partial charge in [0, 0.05) is 31.2 Å². The van der Waals surface area contributed by atoms with Crippen LogP contribution in [0.25, 0.3) is 0 Å². The van der Waals surface area contributed by atoms with E-state index in [1.165, 1.54) is 0 Å². The van der Waals surface area contributed by atoms with Crippen molar-refractivity contribution in [1.82, 2.24) is 0 Å². The molecule has 0 N–H and O–H groups in total. The predicted octanol–water partition coefficient (Wildman–Crippen LogP) is 3.05. The molecule has 1 unspecified atom stereocenters. The van der Waals surface area contributed by atoms with Gasteiger partial charge in [0.05, 0.1) is 0 Å². The van der Waals surface area contributed by atoms with Crippen molar-refractivity contribution >= 4 is 20.4 Å².